The molecule has 6 heteroatoms. The van der Waals surface area contributed by atoms with Crippen LogP contribution in [0.4, 0.5) is 0 Å². The third-order valence-electron chi connectivity index (χ3n) is 12.3. The lowest BCUT2D eigenvalue weighted by molar-refractivity contribution is -0.151. The topological polar surface area (TPSA) is 95.9 Å². The van der Waals surface area contributed by atoms with E-state index in [4.69, 9.17) is 4.74 Å². The molecule has 0 radical (unpaired) electrons. The lowest BCUT2D eigenvalue weighted by Gasteiger charge is -2.24. The average Bonchev–Trinajstić information content (AvgIpc) is 3.30. The van der Waals surface area contributed by atoms with Gasteiger partial charge in [0.25, 0.3) is 0 Å². The number of unbranched alkanes of at least 4 members (excludes halogenated alkanes) is 25. The highest BCUT2D eigenvalue weighted by Crippen LogP contribution is 2.17. The predicted octanol–water partition coefficient (Wildman–Crippen LogP) is 17.0. The van der Waals surface area contributed by atoms with Gasteiger partial charge in [-0.1, -0.05) is 235 Å². The van der Waals surface area contributed by atoms with E-state index in [1.807, 2.05) is 0 Å². The van der Waals surface area contributed by atoms with Gasteiger partial charge in [0.15, 0.2) is 0 Å². The molecule has 6 nitrogen and oxygen atoms in total. The Kier molecular flexibility index (Phi) is 50.1. The number of nitrogens with one attached hydrogen (secondary N) is 1. The number of rotatable bonds is 49. The van der Waals surface area contributed by atoms with Crippen molar-refractivity contribution < 1.29 is 24.5 Å². The lowest BCUT2D eigenvalue weighted by atomic mass is 10.0. The van der Waals surface area contributed by atoms with Crippen LogP contribution in [-0.2, 0) is 14.3 Å². The molecule has 3 unspecified atom stereocenters. The van der Waals surface area contributed by atoms with E-state index in [1.54, 1.807) is 0 Å². The number of esters is 1. The molecule has 0 aromatic carbocycles. The van der Waals surface area contributed by atoms with Crippen LogP contribution in [0.5, 0.6) is 0 Å². The van der Waals surface area contributed by atoms with E-state index in [2.05, 4.69) is 99.0 Å². The highest BCUT2D eigenvalue weighted by molar-refractivity contribution is 5.77. The molecule has 65 heavy (non-hydrogen) atoms. The van der Waals surface area contributed by atoms with E-state index < -0.39 is 18.2 Å². The molecular formula is C59H105NO5. The van der Waals surface area contributed by atoms with Crippen LogP contribution in [0, 0.1) is 0 Å². The first-order chi connectivity index (χ1) is 32.0. The van der Waals surface area contributed by atoms with Crippen LogP contribution < -0.4 is 5.32 Å². The number of hydrogen-bond donors (Lipinski definition) is 3. The normalized spacial score (nSPS) is 13.7. The van der Waals surface area contributed by atoms with Crippen LogP contribution in [0.15, 0.2) is 72.9 Å². The zero-order valence-electron chi connectivity index (χ0n) is 42.9. The number of carbonyl (C=O) groups is 2. The minimum atomic E-state index is -0.802. The summed E-state index contributed by atoms with van der Waals surface area (Å²) in [5.74, 6) is -0.548. The number of ether oxygens (including phenoxy) is 1. The Morgan fingerprint density at radius 1 is 0.462 bits per heavy atom. The fraction of sp³-hybridized carbons (Fsp3) is 0.763. The number of allylic oxidation sites excluding steroid dienone is 12. The number of aliphatic hydroxyl groups excluding tert-OH is 2. The molecule has 0 fully saturated rings. The second-order valence-electron chi connectivity index (χ2n) is 18.6. The van der Waals surface area contributed by atoms with Gasteiger partial charge in [-0.15, -0.1) is 0 Å². The Hall–Kier alpha value is -2.70. The number of carbonyl (C=O) groups excluding carboxylic acids is 2. The third-order valence-corrected chi connectivity index (χ3v) is 12.3. The van der Waals surface area contributed by atoms with Crippen molar-refractivity contribution in [3.8, 4) is 0 Å². The smallest absolute Gasteiger partial charge is 0.306 e. The molecule has 0 aromatic heterocycles. The van der Waals surface area contributed by atoms with Gasteiger partial charge in [-0.2, -0.15) is 0 Å². The number of amides is 1. The maximum absolute atomic E-state index is 13.2. The summed E-state index contributed by atoms with van der Waals surface area (Å²) in [6.07, 6.45) is 66.8. The fourth-order valence-corrected chi connectivity index (χ4v) is 8.11. The van der Waals surface area contributed by atoms with Crippen molar-refractivity contribution in [2.24, 2.45) is 0 Å². The molecule has 1 amide bonds. The molecule has 0 bridgehead atoms. The van der Waals surface area contributed by atoms with Crippen LogP contribution in [-0.4, -0.2) is 46.9 Å². The monoisotopic (exact) mass is 908 g/mol. The van der Waals surface area contributed by atoms with Crippen LogP contribution >= 0.6 is 0 Å². The molecule has 376 valence electrons. The molecule has 0 aliphatic rings. The van der Waals surface area contributed by atoms with Crippen molar-refractivity contribution in [1.82, 2.24) is 5.32 Å². The maximum Gasteiger partial charge on any atom is 0.306 e. The molecule has 0 saturated heterocycles. The van der Waals surface area contributed by atoms with Crippen molar-refractivity contribution in [3.05, 3.63) is 72.9 Å². The lowest BCUT2D eigenvalue weighted by Crippen LogP contribution is -2.46. The van der Waals surface area contributed by atoms with Gasteiger partial charge >= 0.3 is 5.97 Å². The Labute approximate surface area is 402 Å². The van der Waals surface area contributed by atoms with E-state index in [1.165, 1.54) is 128 Å². The van der Waals surface area contributed by atoms with Gasteiger partial charge < -0.3 is 20.3 Å². The predicted molar refractivity (Wildman–Crippen MR) is 282 cm³/mol. The molecular weight excluding hydrogens is 803 g/mol. The van der Waals surface area contributed by atoms with Gasteiger partial charge in [-0.05, 0) is 89.9 Å². The summed E-state index contributed by atoms with van der Waals surface area (Å²) in [6, 6.07) is -0.718. The Balaban J connectivity index is 4.67. The highest BCUT2D eigenvalue weighted by atomic mass is 16.5. The van der Waals surface area contributed by atoms with Crippen molar-refractivity contribution in [2.75, 3.05) is 6.61 Å². The summed E-state index contributed by atoms with van der Waals surface area (Å²) in [5, 5.41) is 23.8. The number of hydrogen-bond acceptors (Lipinski definition) is 5. The summed E-state index contributed by atoms with van der Waals surface area (Å²) in [4.78, 5) is 26.2. The van der Waals surface area contributed by atoms with Crippen LogP contribution in [0.25, 0.3) is 0 Å². The standard InChI is InChI=1S/C59H105NO5/c1-4-7-10-13-16-19-22-25-28-29-31-34-37-40-43-46-49-52-59(64)65-55(50-47-44-41-38-35-32-30-26-23-20-17-14-11-8-5-2)53-58(63)60-56(54-61)57(62)51-48-45-42-39-36-33-27-24-21-18-15-12-9-6-3/h7,10,16,19,25-26,28,30-31,34,40,43,55-57,61-62H,4-6,8-9,11-15,17-18,20-24,27,29,32-33,35-39,41-42,44-54H2,1-3H3,(H,60,63)/b10-7-,19-16-,28-25-,30-26+,34-31-,43-40-. The first-order valence-corrected chi connectivity index (χ1v) is 27.7. The van der Waals surface area contributed by atoms with Crippen LogP contribution in [0.1, 0.15) is 265 Å². The molecule has 0 aliphatic heterocycles. The summed E-state index contributed by atoms with van der Waals surface area (Å²) >= 11 is 0. The second kappa shape index (κ2) is 52.3. The minimum absolute atomic E-state index is 0.0476. The third kappa shape index (κ3) is 47.6. The molecule has 0 saturated carbocycles. The molecule has 3 N–H and O–H groups in total. The van der Waals surface area contributed by atoms with Crippen molar-refractivity contribution in [3.63, 3.8) is 0 Å². The number of aliphatic hydroxyl groups is 2. The summed E-state index contributed by atoms with van der Waals surface area (Å²) in [6.45, 7) is 6.36. The van der Waals surface area contributed by atoms with Gasteiger partial charge in [0.1, 0.15) is 6.10 Å². The maximum atomic E-state index is 13.2. The van der Waals surface area contributed by atoms with E-state index in [0.717, 1.165) is 83.5 Å². The van der Waals surface area contributed by atoms with Gasteiger partial charge in [0, 0.05) is 6.42 Å². The summed E-state index contributed by atoms with van der Waals surface area (Å²) < 4.78 is 5.92. The molecule has 0 aromatic rings. The largest absolute Gasteiger partial charge is 0.462 e. The zero-order chi connectivity index (χ0) is 47.4. The van der Waals surface area contributed by atoms with E-state index >= 15 is 0 Å². The Bertz CT molecular complexity index is 1200. The first kappa shape index (κ1) is 62.3. The first-order valence-electron chi connectivity index (χ1n) is 27.7. The van der Waals surface area contributed by atoms with Crippen LogP contribution in [0.2, 0.25) is 0 Å². The van der Waals surface area contributed by atoms with Gasteiger partial charge in [-0.3, -0.25) is 9.59 Å². The summed E-state index contributed by atoms with van der Waals surface area (Å²) in [5.41, 5.74) is 0. The van der Waals surface area contributed by atoms with Gasteiger partial charge in [-0.25, -0.2) is 0 Å². The zero-order valence-corrected chi connectivity index (χ0v) is 42.9. The van der Waals surface area contributed by atoms with Gasteiger partial charge in [0.2, 0.25) is 5.91 Å². The fourth-order valence-electron chi connectivity index (χ4n) is 8.11. The van der Waals surface area contributed by atoms with Crippen molar-refractivity contribution in [2.45, 2.75) is 283 Å². The van der Waals surface area contributed by atoms with Crippen LogP contribution in [0.3, 0.4) is 0 Å². The Morgan fingerprint density at radius 2 is 0.831 bits per heavy atom. The quantitative estimate of drug-likeness (QED) is 0.0321. The van der Waals surface area contributed by atoms with Crippen molar-refractivity contribution in [1.29, 1.82) is 0 Å². The van der Waals surface area contributed by atoms with E-state index in [9.17, 15) is 19.8 Å². The minimum Gasteiger partial charge on any atom is -0.462 e. The molecule has 0 rings (SSSR count). The molecule has 3 atom stereocenters. The molecule has 0 heterocycles. The average molecular weight is 908 g/mol. The molecule has 0 aliphatic carbocycles. The SMILES string of the molecule is CC/C=C\C/C=C\C/C=C\C/C=C\C/C=C\CCCC(=O)OC(CCCCCCC/C=C/CCCCCCCC)CC(=O)NC(CO)C(O)CCCCCCCCCCCCCCCC. The van der Waals surface area contributed by atoms with Gasteiger partial charge in [0.05, 0.1) is 25.2 Å². The van der Waals surface area contributed by atoms with E-state index in [0.29, 0.717) is 25.7 Å². The Morgan fingerprint density at radius 3 is 1.28 bits per heavy atom. The summed E-state index contributed by atoms with van der Waals surface area (Å²) in [7, 11) is 0. The van der Waals surface area contributed by atoms with Crippen molar-refractivity contribution >= 4 is 11.9 Å². The molecule has 0 spiro atoms. The highest BCUT2D eigenvalue weighted by Gasteiger charge is 2.24. The van der Waals surface area contributed by atoms with E-state index in [-0.39, 0.29) is 24.9 Å². The second-order valence-corrected chi connectivity index (χ2v) is 18.6.